The van der Waals surface area contributed by atoms with Crippen molar-refractivity contribution in [2.45, 2.75) is 38.8 Å². The molecule has 21 heavy (non-hydrogen) atoms. The number of amides is 2. The fourth-order valence-electron chi connectivity index (χ4n) is 2.99. The quantitative estimate of drug-likeness (QED) is 0.884. The number of piperazine rings is 1. The second kappa shape index (κ2) is 4.76. The zero-order valence-corrected chi connectivity index (χ0v) is 12.6. The highest BCUT2D eigenvalue weighted by molar-refractivity contribution is 5.97. The molecule has 0 radical (unpaired) electrons. The molecule has 3 rings (SSSR count). The Balaban J connectivity index is 1.76. The van der Waals surface area contributed by atoms with E-state index in [-0.39, 0.29) is 24.5 Å². The van der Waals surface area contributed by atoms with Crippen molar-refractivity contribution in [2.75, 3.05) is 13.1 Å². The normalized spacial score (nSPS) is 23.6. The van der Waals surface area contributed by atoms with E-state index in [9.17, 15) is 9.59 Å². The minimum Gasteiger partial charge on any atom is -0.488 e. The maximum Gasteiger partial charge on any atom is 0.245 e. The summed E-state index contributed by atoms with van der Waals surface area (Å²) in [7, 11) is 0. The summed E-state index contributed by atoms with van der Waals surface area (Å²) in [5, 5.41) is 2.63. The van der Waals surface area contributed by atoms with Crippen LogP contribution >= 0.6 is 0 Å². The van der Waals surface area contributed by atoms with Gasteiger partial charge in [-0.2, -0.15) is 0 Å². The summed E-state index contributed by atoms with van der Waals surface area (Å²) in [4.78, 5) is 25.7. The fraction of sp³-hybridized carbons (Fsp3) is 0.500. The number of nitrogens with one attached hydrogen (secondary N) is 1. The number of ether oxygens (including phenoxy) is 1. The minimum absolute atomic E-state index is 0.0599. The molecule has 1 unspecified atom stereocenters. The number of fused-ring (bicyclic) bond motifs is 1. The fourth-order valence-corrected chi connectivity index (χ4v) is 2.99. The van der Waals surface area contributed by atoms with E-state index in [0.717, 1.165) is 12.2 Å². The number of rotatable bonds is 2. The number of benzene rings is 1. The summed E-state index contributed by atoms with van der Waals surface area (Å²) >= 11 is 0. The van der Waals surface area contributed by atoms with Gasteiger partial charge in [0.1, 0.15) is 17.4 Å². The molecule has 1 aromatic carbocycles. The van der Waals surface area contributed by atoms with Crippen LogP contribution in [0.4, 0.5) is 0 Å². The van der Waals surface area contributed by atoms with Gasteiger partial charge in [0.25, 0.3) is 0 Å². The molecule has 1 N–H and O–H groups in total. The van der Waals surface area contributed by atoms with Crippen LogP contribution in [-0.4, -0.2) is 41.4 Å². The van der Waals surface area contributed by atoms with Crippen molar-refractivity contribution in [3.8, 4) is 5.75 Å². The number of carbonyl (C=O) groups is 2. The van der Waals surface area contributed by atoms with Crippen LogP contribution < -0.4 is 10.1 Å². The molecule has 5 heteroatoms. The third kappa shape index (κ3) is 2.37. The average molecular weight is 288 g/mol. The monoisotopic (exact) mass is 288 g/mol. The van der Waals surface area contributed by atoms with Gasteiger partial charge in [-0.3, -0.25) is 9.59 Å². The lowest BCUT2D eigenvalue weighted by Crippen LogP contribution is -2.65. The first-order valence-electron chi connectivity index (χ1n) is 7.23. The molecule has 0 aromatic heterocycles. The molecule has 0 bridgehead atoms. The van der Waals surface area contributed by atoms with E-state index in [2.05, 4.69) is 18.3 Å². The number of hydrogen-bond acceptors (Lipinski definition) is 3. The lowest BCUT2D eigenvalue weighted by Gasteiger charge is -2.41. The highest BCUT2D eigenvalue weighted by Gasteiger charge is 2.43. The molecule has 1 atom stereocenters. The molecule has 2 heterocycles. The first-order valence-corrected chi connectivity index (χ1v) is 7.23. The molecule has 1 saturated heterocycles. The van der Waals surface area contributed by atoms with Crippen molar-refractivity contribution in [3.63, 3.8) is 0 Å². The Morgan fingerprint density at radius 3 is 2.90 bits per heavy atom. The summed E-state index contributed by atoms with van der Waals surface area (Å²) in [5.41, 5.74) is 1.54. The van der Waals surface area contributed by atoms with Crippen molar-refractivity contribution >= 4 is 11.8 Å². The lowest BCUT2D eigenvalue weighted by molar-refractivity contribution is -0.152. The number of nitrogens with zero attached hydrogens (tertiary/aromatic N) is 1. The van der Waals surface area contributed by atoms with Crippen LogP contribution in [0.2, 0.25) is 0 Å². The Labute approximate surface area is 124 Å². The Morgan fingerprint density at radius 1 is 1.38 bits per heavy atom. The van der Waals surface area contributed by atoms with Gasteiger partial charge in [0.05, 0.1) is 13.1 Å². The molecule has 0 spiro atoms. The first kappa shape index (κ1) is 13.9. The van der Waals surface area contributed by atoms with Crippen LogP contribution in [0.5, 0.6) is 5.75 Å². The molecule has 0 aliphatic carbocycles. The summed E-state index contributed by atoms with van der Waals surface area (Å²) in [6.45, 7) is 6.10. The SMILES string of the molecule is Cc1ccc2c(c1)CC(CN1C(=O)CNC(=O)C1(C)C)O2. The van der Waals surface area contributed by atoms with Gasteiger partial charge in [-0.25, -0.2) is 0 Å². The predicted octanol–water partition coefficient (Wildman–Crippen LogP) is 1.04. The van der Waals surface area contributed by atoms with Gasteiger partial charge in [0, 0.05) is 6.42 Å². The average Bonchev–Trinajstić information content (AvgIpc) is 2.81. The maximum absolute atomic E-state index is 12.1. The lowest BCUT2D eigenvalue weighted by atomic mass is 9.97. The highest BCUT2D eigenvalue weighted by Crippen LogP contribution is 2.31. The molecule has 2 aliphatic heterocycles. The molecular formula is C16H20N2O3. The van der Waals surface area contributed by atoms with E-state index in [1.54, 1.807) is 18.7 Å². The summed E-state index contributed by atoms with van der Waals surface area (Å²) in [6.07, 6.45) is 0.689. The van der Waals surface area contributed by atoms with Crippen molar-refractivity contribution < 1.29 is 14.3 Å². The molecule has 1 fully saturated rings. The van der Waals surface area contributed by atoms with Gasteiger partial charge in [-0.15, -0.1) is 0 Å². The van der Waals surface area contributed by atoms with Gasteiger partial charge >= 0.3 is 0 Å². The van der Waals surface area contributed by atoms with Crippen LogP contribution in [0.25, 0.3) is 0 Å². The van der Waals surface area contributed by atoms with Crippen LogP contribution in [0, 0.1) is 6.92 Å². The van der Waals surface area contributed by atoms with Gasteiger partial charge in [0.15, 0.2) is 0 Å². The van der Waals surface area contributed by atoms with Crippen molar-refractivity contribution in [1.82, 2.24) is 10.2 Å². The van der Waals surface area contributed by atoms with Crippen LogP contribution in [0.3, 0.4) is 0 Å². The molecule has 2 aliphatic rings. The highest BCUT2D eigenvalue weighted by atomic mass is 16.5. The van der Waals surface area contributed by atoms with Crippen LogP contribution in [0.15, 0.2) is 18.2 Å². The van der Waals surface area contributed by atoms with E-state index in [4.69, 9.17) is 4.74 Å². The summed E-state index contributed by atoms with van der Waals surface area (Å²) < 4.78 is 5.92. The minimum atomic E-state index is -0.830. The van der Waals surface area contributed by atoms with Crippen molar-refractivity contribution in [3.05, 3.63) is 29.3 Å². The zero-order chi connectivity index (χ0) is 15.2. The summed E-state index contributed by atoms with van der Waals surface area (Å²) in [5.74, 6) is 0.709. The smallest absolute Gasteiger partial charge is 0.245 e. The Bertz CT molecular complexity index is 610. The largest absolute Gasteiger partial charge is 0.488 e. The second-order valence-electron chi connectivity index (χ2n) is 6.30. The van der Waals surface area contributed by atoms with E-state index in [1.807, 2.05) is 12.1 Å². The van der Waals surface area contributed by atoms with Crippen molar-refractivity contribution in [1.29, 1.82) is 0 Å². The molecular weight excluding hydrogens is 268 g/mol. The standard InChI is InChI=1S/C16H20N2O3/c1-10-4-5-13-11(6-10)7-12(21-13)9-18-14(19)8-17-15(20)16(18,2)3/h4-6,12H,7-9H2,1-3H3,(H,17,20). The third-order valence-corrected chi connectivity index (χ3v) is 4.28. The van der Waals surface area contributed by atoms with E-state index < -0.39 is 5.54 Å². The van der Waals surface area contributed by atoms with Gasteiger partial charge < -0.3 is 15.0 Å². The predicted molar refractivity (Wildman–Crippen MR) is 78.1 cm³/mol. The Hall–Kier alpha value is -2.04. The molecule has 2 amide bonds. The topological polar surface area (TPSA) is 58.6 Å². The maximum atomic E-state index is 12.1. The zero-order valence-electron chi connectivity index (χ0n) is 12.6. The van der Waals surface area contributed by atoms with Gasteiger partial charge in [-0.1, -0.05) is 17.7 Å². The molecule has 0 saturated carbocycles. The number of hydrogen-bond donors (Lipinski definition) is 1. The third-order valence-electron chi connectivity index (χ3n) is 4.28. The number of carbonyl (C=O) groups excluding carboxylic acids is 2. The Morgan fingerprint density at radius 2 is 2.14 bits per heavy atom. The molecule has 112 valence electrons. The van der Waals surface area contributed by atoms with Gasteiger partial charge in [0.2, 0.25) is 11.8 Å². The first-order chi connectivity index (χ1) is 9.88. The van der Waals surface area contributed by atoms with E-state index >= 15 is 0 Å². The van der Waals surface area contributed by atoms with Gasteiger partial charge in [-0.05, 0) is 32.4 Å². The van der Waals surface area contributed by atoms with Crippen molar-refractivity contribution in [2.24, 2.45) is 0 Å². The molecule has 1 aromatic rings. The van der Waals surface area contributed by atoms with Crippen LogP contribution in [0.1, 0.15) is 25.0 Å². The molecule has 5 nitrogen and oxygen atoms in total. The second-order valence-corrected chi connectivity index (χ2v) is 6.30. The van der Waals surface area contributed by atoms with E-state index in [0.29, 0.717) is 6.54 Å². The number of aryl methyl sites for hydroxylation is 1. The van der Waals surface area contributed by atoms with Crippen LogP contribution in [-0.2, 0) is 16.0 Å². The summed E-state index contributed by atoms with van der Waals surface area (Å²) in [6, 6.07) is 6.11. The van der Waals surface area contributed by atoms with E-state index in [1.165, 1.54) is 11.1 Å². The Kier molecular flexibility index (Phi) is 3.15.